The van der Waals surface area contributed by atoms with Gasteiger partial charge in [0.2, 0.25) is 0 Å². The molecule has 0 aromatic carbocycles. The summed E-state index contributed by atoms with van der Waals surface area (Å²) in [6.07, 6.45) is 1.46. The third-order valence-corrected chi connectivity index (χ3v) is 6.46. The first-order valence-corrected chi connectivity index (χ1v) is 10.1. The minimum Gasteiger partial charge on any atom is -0.457 e. The Labute approximate surface area is 171 Å². The van der Waals surface area contributed by atoms with E-state index in [-0.39, 0.29) is 31.0 Å². The first-order chi connectivity index (χ1) is 13.5. The molecule has 3 aliphatic rings. The van der Waals surface area contributed by atoms with Crippen LogP contribution in [0.1, 0.15) is 40.0 Å². The van der Waals surface area contributed by atoms with Crippen LogP contribution in [0.25, 0.3) is 0 Å². The molecule has 0 saturated carbocycles. The van der Waals surface area contributed by atoms with E-state index in [1.54, 1.807) is 13.0 Å². The van der Waals surface area contributed by atoms with E-state index in [2.05, 4.69) is 13.2 Å². The quantitative estimate of drug-likeness (QED) is 0.370. The number of rotatable bonds is 3. The van der Waals surface area contributed by atoms with E-state index in [4.69, 9.17) is 14.2 Å². The smallest absolute Gasteiger partial charge is 0.311 e. The summed E-state index contributed by atoms with van der Waals surface area (Å²) in [5.74, 6) is -3.04. The number of hydrogen-bond acceptors (Lipinski definition) is 7. The van der Waals surface area contributed by atoms with Gasteiger partial charge in [0, 0.05) is 18.3 Å². The largest absolute Gasteiger partial charge is 0.457 e. The SMILES string of the molecule is C=C(C)[C@@H](C)[C@@H]1/C=C/[C@@](O)(CO)C[C@@H]2O[C@H]2[C@@H]2CC(=C)[C@@H](C)[C@](O)(CC(=O)O1)O2. The molecule has 0 aliphatic carbocycles. The second-order valence-electron chi connectivity index (χ2n) is 8.82. The summed E-state index contributed by atoms with van der Waals surface area (Å²) in [6, 6.07) is 0. The van der Waals surface area contributed by atoms with Crippen LogP contribution in [0.15, 0.2) is 36.5 Å². The molecule has 0 aromatic rings. The monoisotopic (exact) mass is 408 g/mol. The molecule has 8 atom stereocenters. The van der Waals surface area contributed by atoms with Gasteiger partial charge in [0.05, 0.1) is 18.8 Å². The van der Waals surface area contributed by atoms with Gasteiger partial charge >= 0.3 is 5.97 Å². The molecule has 0 spiro atoms. The molecule has 7 heteroatoms. The van der Waals surface area contributed by atoms with Gasteiger partial charge < -0.3 is 29.5 Å². The molecule has 162 valence electrons. The second-order valence-corrected chi connectivity index (χ2v) is 8.82. The summed E-state index contributed by atoms with van der Waals surface area (Å²) >= 11 is 0. The molecule has 29 heavy (non-hydrogen) atoms. The van der Waals surface area contributed by atoms with Crippen LogP contribution in [0, 0.1) is 11.8 Å². The van der Waals surface area contributed by atoms with Crippen LogP contribution >= 0.6 is 0 Å². The zero-order valence-corrected chi connectivity index (χ0v) is 17.3. The number of epoxide rings is 1. The predicted octanol–water partition coefficient (Wildman–Crippen LogP) is 1.62. The number of esters is 1. The summed E-state index contributed by atoms with van der Waals surface area (Å²) in [5, 5.41) is 31.7. The molecule has 2 fully saturated rings. The number of aliphatic hydroxyl groups is 3. The summed E-state index contributed by atoms with van der Waals surface area (Å²) in [4.78, 5) is 12.7. The van der Waals surface area contributed by atoms with Gasteiger partial charge in [0.15, 0.2) is 5.79 Å². The third-order valence-electron chi connectivity index (χ3n) is 6.46. The normalized spacial score (nSPS) is 45.0. The predicted molar refractivity (Wildman–Crippen MR) is 106 cm³/mol. The summed E-state index contributed by atoms with van der Waals surface area (Å²) in [7, 11) is 0. The minimum absolute atomic E-state index is 0.160. The fourth-order valence-corrected chi connectivity index (χ4v) is 3.98. The van der Waals surface area contributed by atoms with Crippen LogP contribution < -0.4 is 0 Å². The van der Waals surface area contributed by atoms with Crippen LogP contribution in [-0.2, 0) is 19.0 Å². The molecule has 3 aliphatic heterocycles. The zero-order valence-electron chi connectivity index (χ0n) is 17.3. The maximum absolute atomic E-state index is 12.7. The Morgan fingerprint density at radius 1 is 1.38 bits per heavy atom. The summed E-state index contributed by atoms with van der Waals surface area (Å²) in [6.45, 7) is 12.9. The van der Waals surface area contributed by atoms with Gasteiger partial charge in [-0.05, 0) is 19.4 Å². The van der Waals surface area contributed by atoms with E-state index in [0.29, 0.717) is 6.42 Å². The number of hydrogen-bond donors (Lipinski definition) is 3. The highest BCUT2D eigenvalue weighted by Gasteiger charge is 2.55. The maximum atomic E-state index is 12.7. The van der Waals surface area contributed by atoms with Crippen LogP contribution in [0.2, 0.25) is 0 Å². The van der Waals surface area contributed by atoms with Gasteiger partial charge in [-0.3, -0.25) is 4.79 Å². The number of carbonyl (C=O) groups excluding carboxylic acids is 1. The summed E-state index contributed by atoms with van der Waals surface area (Å²) < 4.78 is 17.2. The van der Waals surface area contributed by atoms with Crippen molar-refractivity contribution in [2.75, 3.05) is 6.61 Å². The first-order valence-electron chi connectivity index (χ1n) is 10.1. The highest BCUT2D eigenvalue weighted by atomic mass is 16.7. The molecule has 0 radical (unpaired) electrons. The molecule has 3 rings (SSSR count). The van der Waals surface area contributed by atoms with Crippen molar-refractivity contribution in [1.82, 2.24) is 0 Å². The number of fused-ring (bicyclic) bond motifs is 4. The van der Waals surface area contributed by atoms with Crippen molar-refractivity contribution in [1.29, 1.82) is 0 Å². The molecule has 2 saturated heterocycles. The average Bonchev–Trinajstić information content (AvgIpc) is 3.40. The number of ether oxygens (including phenoxy) is 3. The number of aliphatic hydroxyl groups excluding tert-OH is 1. The molecule has 2 bridgehead atoms. The Balaban J connectivity index is 1.94. The first kappa shape index (κ1) is 22.2. The topological polar surface area (TPSA) is 109 Å². The molecule has 3 N–H and O–H groups in total. The van der Waals surface area contributed by atoms with Crippen LogP contribution in [-0.4, -0.2) is 63.7 Å². The lowest BCUT2D eigenvalue weighted by molar-refractivity contribution is -0.271. The number of carbonyl (C=O) groups is 1. The van der Waals surface area contributed by atoms with E-state index in [1.807, 2.05) is 13.8 Å². The van der Waals surface area contributed by atoms with Gasteiger partial charge in [-0.15, -0.1) is 0 Å². The van der Waals surface area contributed by atoms with Gasteiger partial charge in [-0.25, -0.2) is 0 Å². The second kappa shape index (κ2) is 7.96. The Kier molecular flexibility index (Phi) is 6.09. The molecule has 0 amide bonds. The van der Waals surface area contributed by atoms with Crippen molar-refractivity contribution in [2.45, 2.75) is 75.8 Å². The van der Waals surface area contributed by atoms with Crippen molar-refractivity contribution in [3.63, 3.8) is 0 Å². The fourth-order valence-electron chi connectivity index (χ4n) is 3.98. The molecular weight excluding hydrogens is 376 g/mol. The Hall–Kier alpha value is -1.51. The van der Waals surface area contributed by atoms with Crippen molar-refractivity contribution in [3.8, 4) is 0 Å². The minimum atomic E-state index is -1.74. The molecule has 0 unspecified atom stereocenters. The molecule has 7 nitrogen and oxygen atoms in total. The van der Waals surface area contributed by atoms with Crippen molar-refractivity contribution < 1.29 is 34.3 Å². The van der Waals surface area contributed by atoms with E-state index in [9.17, 15) is 20.1 Å². The van der Waals surface area contributed by atoms with Crippen molar-refractivity contribution in [3.05, 3.63) is 36.5 Å². The summed E-state index contributed by atoms with van der Waals surface area (Å²) in [5.41, 5.74) is 0.0368. The Bertz CT molecular complexity index is 716. The van der Waals surface area contributed by atoms with E-state index in [1.165, 1.54) is 6.08 Å². The lowest BCUT2D eigenvalue weighted by atomic mass is 9.83. The van der Waals surface area contributed by atoms with Crippen LogP contribution in [0.3, 0.4) is 0 Å². The van der Waals surface area contributed by atoms with E-state index >= 15 is 0 Å². The third kappa shape index (κ3) is 4.64. The van der Waals surface area contributed by atoms with E-state index < -0.39 is 42.1 Å². The zero-order chi connectivity index (χ0) is 21.6. The van der Waals surface area contributed by atoms with Crippen molar-refractivity contribution in [2.24, 2.45) is 11.8 Å². The number of cyclic esters (lactones) is 1. The Morgan fingerprint density at radius 3 is 2.69 bits per heavy atom. The van der Waals surface area contributed by atoms with Gasteiger partial charge in [0.25, 0.3) is 0 Å². The van der Waals surface area contributed by atoms with E-state index in [0.717, 1.165) is 11.1 Å². The average molecular weight is 408 g/mol. The Morgan fingerprint density at radius 2 is 2.07 bits per heavy atom. The highest BCUT2D eigenvalue weighted by Crippen LogP contribution is 2.45. The fraction of sp³-hybridized carbons (Fsp3) is 0.682. The molecule has 0 aromatic heterocycles. The maximum Gasteiger partial charge on any atom is 0.311 e. The van der Waals surface area contributed by atoms with Gasteiger partial charge in [-0.1, -0.05) is 44.2 Å². The van der Waals surface area contributed by atoms with Crippen LogP contribution in [0.4, 0.5) is 0 Å². The van der Waals surface area contributed by atoms with Gasteiger partial charge in [0.1, 0.15) is 24.2 Å². The van der Waals surface area contributed by atoms with Crippen LogP contribution in [0.5, 0.6) is 0 Å². The van der Waals surface area contributed by atoms with Gasteiger partial charge in [-0.2, -0.15) is 0 Å². The highest BCUT2D eigenvalue weighted by molar-refractivity contribution is 5.71. The molecular formula is C22H32O7. The van der Waals surface area contributed by atoms with Crippen molar-refractivity contribution >= 4 is 5.97 Å². The lowest BCUT2D eigenvalue weighted by Crippen LogP contribution is -2.51. The lowest BCUT2D eigenvalue weighted by Gasteiger charge is -2.42. The standard InChI is InChI=1S/C22H32O7/c1-12(2)14(4)16-6-7-21(25,11-23)9-18-20(28-18)17-8-13(3)15(5)22(26,29-17)10-19(24)27-16/h6-7,14-18,20,23,25-26H,1,3,8-11H2,2,4-5H3/b7-6+/t14-,15-,16+,17+,18+,20+,21+,22+/m1/s1. The molecule has 3 heterocycles.